The smallest absolute Gasteiger partial charge is 0.255 e. The first kappa shape index (κ1) is 23.1. The Morgan fingerprint density at radius 3 is 2.55 bits per heavy atom. The Balaban J connectivity index is 1.48. The molecule has 0 unspecified atom stereocenters. The number of hydrogen-bond donors (Lipinski definition) is 3. The lowest BCUT2D eigenvalue weighted by molar-refractivity contribution is 0.0239. The van der Waals surface area contributed by atoms with E-state index in [9.17, 15) is 9.90 Å². The van der Waals surface area contributed by atoms with E-state index in [0.29, 0.717) is 11.5 Å². The maximum absolute atomic E-state index is 12.9. The quantitative estimate of drug-likeness (QED) is 0.482. The summed E-state index contributed by atoms with van der Waals surface area (Å²) in [7, 11) is 2.08. The molecule has 1 aromatic heterocycles. The molecule has 1 heterocycles. The molecule has 0 saturated heterocycles. The van der Waals surface area contributed by atoms with Gasteiger partial charge >= 0.3 is 0 Å². The number of aryl methyl sites for hydroxylation is 2. The van der Waals surface area contributed by atoms with E-state index in [4.69, 9.17) is 0 Å². The molecule has 1 saturated carbocycles. The SMILES string of the molecule is Cc1c(NC(=O)c2ccc(C#CC3(O)CCC3)cc2)ccc2cc(CNCC(C)C)n(C)c12. The third-order valence-corrected chi connectivity index (χ3v) is 6.42. The third kappa shape index (κ3) is 5.13. The molecule has 4 rings (SSSR count). The van der Waals surface area contributed by atoms with Crippen LogP contribution in [0.25, 0.3) is 10.9 Å². The van der Waals surface area contributed by atoms with Gasteiger partial charge in [0.25, 0.3) is 5.91 Å². The van der Waals surface area contributed by atoms with Gasteiger partial charge in [0.15, 0.2) is 0 Å². The van der Waals surface area contributed by atoms with E-state index in [-0.39, 0.29) is 5.91 Å². The van der Waals surface area contributed by atoms with Gasteiger partial charge in [-0.1, -0.05) is 31.8 Å². The number of amides is 1. The zero-order chi connectivity index (χ0) is 23.6. The summed E-state index contributed by atoms with van der Waals surface area (Å²) < 4.78 is 2.21. The summed E-state index contributed by atoms with van der Waals surface area (Å²) in [6.07, 6.45) is 2.50. The van der Waals surface area contributed by atoms with Crippen molar-refractivity contribution in [2.45, 2.75) is 52.2 Å². The molecule has 3 N–H and O–H groups in total. The van der Waals surface area contributed by atoms with Crippen LogP contribution in [0.4, 0.5) is 5.69 Å². The number of hydrogen-bond acceptors (Lipinski definition) is 3. The predicted molar refractivity (Wildman–Crippen MR) is 134 cm³/mol. The summed E-state index contributed by atoms with van der Waals surface area (Å²) in [6, 6.07) is 13.5. The van der Waals surface area contributed by atoms with E-state index in [0.717, 1.165) is 54.7 Å². The Labute approximate surface area is 196 Å². The first-order valence-corrected chi connectivity index (χ1v) is 11.7. The number of carbonyl (C=O) groups is 1. The number of anilines is 1. The van der Waals surface area contributed by atoms with Crippen LogP contribution in [0.3, 0.4) is 0 Å². The van der Waals surface area contributed by atoms with E-state index in [1.807, 2.05) is 25.1 Å². The van der Waals surface area contributed by atoms with Crippen LogP contribution < -0.4 is 10.6 Å². The molecule has 33 heavy (non-hydrogen) atoms. The largest absolute Gasteiger partial charge is 0.378 e. The van der Waals surface area contributed by atoms with Gasteiger partial charge in [-0.25, -0.2) is 0 Å². The molecule has 5 heteroatoms. The van der Waals surface area contributed by atoms with Crippen molar-refractivity contribution in [1.29, 1.82) is 0 Å². The fraction of sp³-hybridized carbons (Fsp3) is 0.393. The lowest BCUT2D eigenvalue weighted by Gasteiger charge is -2.30. The lowest BCUT2D eigenvalue weighted by Crippen LogP contribution is -2.34. The van der Waals surface area contributed by atoms with Gasteiger partial charge in [0.05, 0.1) is 5.52 Å². The van der Waals surface area contributed by atoms with Crippen molar-refractivity contribution < 1.29 is 9.90 Å². The first-order chi connectivity index (χ1) is 15.8. The molecule has 2 aromatic carbocycles. The monoisotopic (exact) mass is 443 g/mol. The van der Waals surface area contributed by atoms with Gasteiger partial charge in [-0.3, -0.25) is 4.79 Å². The first-order valence-electron chi connectivity index (χ1n) is 11.7. The summed E-state index contributed by atoms with van der Waals surface area (Å²) in [5.41, 5.74) is 4.77. The molecule has 1 amide bonds. The summed E-state index contributed by atoms with van der Waals surface area (Å²) in [5.74, 6) is 6.43. The van der Waals surface area contributed by atoms with Gasteiger partial charge in [-0.05, 0) is 80.6 Å². The number of aromatic nitrogens is 1. The number of aliphatic hydroxyl groups is 1. The topological polar surface area (TPSA) is 66.3 Å². The van der Waals surface area contributed by atoms with Gasteiger partial charge in [0, 0.05) is 41.5 Å². The summed E-state index contributed by atoms with van der Waals surface area (Å²) in [5, 5.41) is 17.9. The average Bonchev–Trinajstić information content (AvgIpc) is 3.09. The summed E-state index contributed by atoms with van der Waals surface area (Å²) in [4.78, 5) is 12.9. The molecule has 3 aromatic rings. The van der Waals surface area contributed by atoms with Crippen molar-refractivity contribution in [2.24, 2.45) is 13.0 Å². The van der Waals surface area contributed by atoms with Crippen LogP contribution in [-0.2, 0) is 13.6 Å². The van der Waals surface area contributed by atoms with Crippen molar-refractivity contribution in [3.05, 3.63) is 64.8 Å². The normalized spacial score (nSPS) is 14.6. The molecule has 0 spiro atoms. The van der Waals surface area contributed by atoms with Crippen molar-refractivity contribution in [2.75, 3.05) is 11.9 Å². The van der Waals surface area contributed by atoms with Crippen LogP contribution in [-0.4, -0.2) is 27.7 Å². The highest BCUT2D eigenvalue weighted by atomic mass is 16.3. The van der Waals surface area contributed by atoms with Crippen molar-refractivity contribution in [3.63, 3.8) is 0 Å². The Morgan fingerprint density at radius 1 is 1.18 bits per heavy atom. The highest BCUT2D eigenvalue weighted by molar-refractivity contribution is 6.06. The fourth-order valence-corrected chi connectivity index (χ4v) is 4.22. The second-order valence-corrected chi connectivity index (χ2v) is 9.56. The average molecular weight is 444 g/mol. The summed E-state index contributed by atoms with van der Waals surface area (Å²) in [6.45, 7) is 8.25. The minimum Gasteiger partial charge on any atom is -0.378 e. The number of rotatable bonds is 6. The van der Waals surface area contributed by atoms with Crippen LogP contribution in [0.15, 0.2) is 42.5 Å². The summed E-state index contributed by atoms with van der Waals surface area (Å²) >= 11 is 0. The van der Waals surface area contributed by atoms with Crippen LogP contribution in [0, 0.1) is 24.7 Å². The molecule has 1 aliphatic rings. The predicted octanol–water partition coefficient (Wildman–Crippen LogP) is 4.75. The van der Waals surface area contributed by atoms with E-state index >= 15 is 0 Å². The number of fused-ring (bicyclic) bond motifs is 1. The molecular weight excluding hydrogens is 410 g/mol. The highest BCUT2D eigenvalue weighted by Crippen LogP contribution is 2.31. The molecule has 1 fully saturated rings. The number of nitrogens with one attached hydrogen (secondary N) is 2. The fourth-order valence-electron chi connectivity index (χ4n) is 4.22. The maximum Gasteiger partial charge on any atom is 0.255 e. The molecule has 0 bridgehead atoms. The van der Waals surface area contributed by atoms with Gasteiger partial charge in [-0.15, -0.1) is 0 Å². The Hall–Kier alpha value is -3.07. The minimum atomic E-state index is -0.826. The van der Waals surface area contributed by atoms with E-state index in [1.54, 1.807) is 12.1 Å². The van der Waals surface area contributed by atoms with E-state index < -0.39 is 5.60 Å². The maximum atomic E-state index is 12.9. The number of nitrogens with zero attached hydrogens (tertiary/aromatic N) is 1. The van der Waals surface area contributed by atoms with Crippen LogP contribution in [0.2, 0.25) is 0 Å². The number of carbonyl (C=O) groups excluding carboxylic acids is 1. The lowest BCUT2D eigenvalue weighted by atomic mass is 9.81. The highest BCUT2D eigenvalue weighted by Gasteiger charge is 2.32. The van der Waals surface area contributed by atoms with Crippen molar-refractivity contribution in [3.8, 4) is 11.8 Å². The van der Waals surface area contributed by atoms with Gasteiger partial charge < -0.3 is 20.3 Å². The second kappa shape index (κ2) is 9.43. The minimum absolute atomic E-state index is 0.150. The standard InChI is InChI=1S/C28H33N3O2/c1-19(2)17-29-18-24-16-23-10-11-25(20(3)26(23)31(24)4)30-27(32)22-8-6-21(7-9-22)12-15-28(33)13-5-14-28/h6-11,16,19,29,33H,5,13-14,17-18H2,1-4H3,(H,30,32). The van der Waals surface area contributed by atoms with Crippen LogP contribution >= 0.6 is 0 Å². The molecule has 5 nitrogen and oxygen atoms in total. The van der Waals surface area contributed by atoms with Crippen LogP contribution in [0.5, 0.6) is 0 Å². The zero-order valence-electron chi connectivity index (χ0n) is 20.0. The van der Waals surface area contributed by atoms with Crippen LogP contribution in [0.1, 0.15) is 60.3 Å². The second-order valence-electron chi connectivity index (χ2n) is 9.56. The zero-order valence-corrected chi connectivity index (χ0v) is 20.0. The van der Waals surface area contributed by atoms with E-state index in [2.05, 4.69) is 60.1 Å². The van der Waals surface area contributed by atoms with Crippen molar-refractivity contribution in [1.82, 2.24) is 9.88 Å². The van der Waals surface area contributed by atoms with Gasteiger partial charge in [0.2, 0.25) is 0 Å². The van der Waals surface area contributed by atoms with Gasteiger partial charge in [0.1, 0.15) is 5.60 Å². The third-order valence-electron chi connectivity index (χ3n) is 6.42. The molecule has 172 valence electrons. The number of benzene rings is 2. The van der Waals surface area contributed by atoms with Gasteiger partial charge in [-0.2, -0.15) is 0 Å². The Morgan fingerprint density at radius 2 is 1.91 bits per heavy atom. The Kier molecular flexibility index (Phi) is 6.60. The molecule has 1 aliphatic carbocycles. The molecule has 0 radical (unpaired) electrons. The molecule has 0 atom stereocenters. The molecular formula is C28H33N3O2. The van der Waals surface area contributed by atoms with Crippen molar-refractivity contribution >= 4 is 22.5 Å². The van der Waals surface area contributed by atoms with E-state index in [1.165, 1.54) is 11.1 Å². The Bertz CT molecular complexity index is 1220. The molecule has 0 aliphatic heterocycles.